The molecule has 0 aliphatic carbocycles. The van der Waals surface area contributed by atoms with Crippen molar-refractivity contribution >= 4 is 45.0 Å². The summed E-state index contributed by atoms with van der Waals surface area (Å²) in [4.78, 5) is 45.7. The van der Waals surface area contributed by atoms with Gasteiger partial charge in [-0.3, -0.25) is 9.59 Å². The van der Waals surface area contributed by atoms with Crippen molar-refractivity contribution in [3.63, 3.8) is 0 Å². The van der Waals surface area contributed by atoms with E-state index in [1.807, 2.05) is 97.1 Å². The number of benzene rings is 4. The Morgan fingerprint density at radius 3 is 2.24 bits per heavy atom. The number of ketones is 1. The first-order valence-electron chi connectivity index (χ1n) is 14.4. The molecule has 4 unspecified atom stereocenters. The van der Waals surface area contributed by atoms with Gasteiger partial charge in [0, 0.05) is 33.2 Å². The van der Waals surface area contributed by atoms with Crippen molar-refractivity contribution in [1.29, 1.82) is 0 Å². The van der Waals surface area contributed by atoms with Crippen LogP contribution in [0.1, 0.15) is 53.6 Å². The summed E-state index contributed by atoms with van der Waals surface area (Å²) in [6.45, 7) is 2.11. The SMILES string of the molecule is CCCCC1C(c2ccccc2)C(C(=O)c2ccccc2)C2(C(=O)Nc3ccccc32)N1C(=O)Nc1ccccc1Br. The Balaban J connectivity index is 1.63. The van der Waals surface area contributed by atoms with Crippen LogP contribution >= 0.6 is 15.9 Å². The fourth-order valence-corrected chi connectivity index (χ4v) is 7.25. The molecule has 2 aliphatic rings. The number of hydrogen-bond acceptors (Lipinski definition) is 3. The molecule has 2 aliphatic heterocycles. The van der Waals surface area contributed by atoms with E-state index >= 15 is 0 Å². The van der Waals surface area contributed by atoms with Crippen LogP contribution in [-0.4, -0.2) is 28.7 Å². The predicted molar refractivity (Wildman–Crippen MR) is 169 cm³/mol. The van der Waals surface area contributed by atoms with Crippen LogP contribution in [0.15, 0.2) is 114 Å². The highest BCUT2D eigenvalue weighted by molar-refractivity contribution is 9.10. The third kappa shape index (κ3) is 4.52. The second-order valence-corrected chi connectivity index (χ2v) is 11.8. The number of hydrogen-bond donors (Lipinski definition) is 2. The van der Waals surface area contributed by atoms with E-state index in [0.29, 0.717) is 28.9 Å². The fraction of sp³-hybridized carbons (Fsp3) is 0.229. The maximum atomic E-state index is 14.8. The molecule has 3 amide bonds. The molecule has 0 bridgehead atoms. The Labute approximate surface area is 254 Å². The summed E-state index contributed by atoms with van der Waals surface area (Å²) < 4.78 is 0.726. The lowest BCUT2D eigenvalue weighted by Gasteiger charge is -2.39. The van der Waals surface area contributed by atoms with Gasteiger partial charge in [-0.25, -0.2) is 4.79 Å². The first kappa shape index (κ1) is 27.9. The lowest BCUT2D eigenvalue weighted by Crippen LogP contribution is -2.57. The maximum absolute atomic E-state index is 14.8. The number of halogens is 1. The minimum Gasteiger partial charge on any atom is -0.323 e. The summed E-state index contributed by atoms with van der Waals surface area (Å²) in [5.41, 5.74) is 1.74. The summed E-state index contributed by atoms with van der Waals surface area (Å²) >= 11 is 3.55. The zero-order valence-corrected chi connectivity index (χ0v) is 24.9. The monoisotopic (exact) mass is 621 g/mol. The molecule has 6 rings (SSSR count). The van der Waals surface area contributed by atoms with Gasteiger partial charge in [0.05, 0.1) is 11.6 Å². The lowest BCUT2D eigenvalue weighted by molar-refractivity contribution is -0.126. The Morgan fingerprint density at radius 2 is 1.52 bits per heavy atom. The number of Topliss-reactive ketones (excluding diaryl/α,β-unsaturated/α-hetero) is 1. The third-order valence-corrected chi connectivity index (χ3v) is 9.27. The number of anilines is 2. The van der Waals surface area contributed by atoms with Gasteiger partial charge in [0.1, 0.15) is 0 Å². The molecule has 1 fully saturated rings. The number of rotatable bonds is 7. The van der Waals surface area contributed by atoms with Crippen molar-refractivity contribution < 1.29 is 14.4 Å². The normalized spacial score (nSPS) is 22.6. The summed E-state index contributed by atoms with van der Waals surface area (Å²) in [5, 5.41) is 6.13. The van der Waals surface area contributed by atoms with E-state index in [1.54, 1.807) is 17.0 Å². The Bertz CT molecular complexity index is 1630. The van der Waals surface area contributed by atoms with Crippen molar-refractivity contribution in [2.45, 2.75) is 43.7 Å². The second kappa shape index (κ2) is 11.6. The summed E-state index contributed by atoms with van der Waals surface area (Å²) in [6, 6.07) is 33.0. The molecule has 2 N–H and O–H groups in total. The molecule has 0 aromatic heterocycles. The Hall–Kier alpha value is -4.23. The van der Waals surface area contributed by atoms with Gasteiger partial charge in [-0.05, 0) is 46.1 Å². The molecule has 1 saturated heterocycles. The third-order valence-electron chi connectivity index (χ3n) is 8.58. The van der Waals surface area contributed by atoms with E-state index in [2.05, 4.69) is 33.5 Å². The molecule has 0 radical (unpaired) electrons. The molecule has 6 nitrogen and oxygen atoms in total. The molecule has 7 heteroatoms. The second-order valence-electron chi connectivity index (χ2n) is 10.9. The molecule has 1 spiro atoms. The number of para-hydroxylation sites is 2. The van der Waals surface area contributed by atoms with Crippen molar-refractivity contribution in [3.8, 4) is 0 Å². The lowest BCUT2D eigenvalue weighted by atomic mass is 9.69. The quantitative estimate of drug-likeness (QED) is 0.205. The largest absolute Gasteiger partial charge is 0.323 e. The van der Waals surface area contributed by atoms with Crippen LogP contribution < -0.4 is 10.6 Å². The topological polar surface area (TPSA) is 78.5 Å². The van der Waals surface area contributed by atoms with E-state index in [0.717, 1.165) is 22.9 Å². The number of carbonyl (C=O) groups is 3. The van der Waals surface area contributed by atoms with Gasteiger partial charge < -0.3 is 15.5 Å². The van der Waals surface area contributed by atoms with Crippen molar-refractivity contribution in [2.24, 2.45) is 5.92 Å². The summed E-state index contributed by atoms with van der Waals surface area (Å²) in [5.74, 6) is -1.81. The number of unbranched alkanes of at least 4 members (excludes halogenated alkanes) is 1. The molecule has 4 aromatic rings. The first-order chi connectivity index (χ1) is 20.5. The van der Waals surface area contributed by atoms with Gasteiger partial charge in [-0.2, -0.15) is 0 Å². The van der Waals surface area contributed by atoms with Crippen LogP contribution in [0, 0.1) is 5.92 Å². The van der Waals surface area contributed by atoms with Gasteiger partial charge in [0.25, 0.3) is 5.91 Å². The highest BCUT2D eigenvalue weighted by Gasteiger charge is 2.70. The van der Waals surface area contributed by atoms with E-state index in [9.17, 15) is 14.4 Å². The van der Waals surface area contributed by atoms with Crippen molar-refractivity contribution in [3.05, 3.63) is 130 Å². The zero-order valence-electron chi connectivity index (χ0n) is 23.3. The average Bonchev–Trinajstić information content (AvgIpc) is 3.49. The minimum atomic E-state index is -1.56. The zero-order chi connectivity index (χ0) is 29.3. The van der Waals surface area contributed by atoms with Crippen LogP contribution in [-0.2, 0) is 10.3 Å². The van der Waals surface area contributed by atoms with E-state index in [4.69, 9.17) is 0 Å². The fourth-order valence-electron chi connectivity index (χ4n) is 6.86. The minimum absolute atomic E-state index is 0.158. The average molecular weight is 623 g/mol. The Morgan fingerprint density at radius 1 is 0.881 bits per heavy atom. The molecule has 0 saturated carbocycles. The Kier molecular flexibility index (Phi) is 7.69. The van der Waals surface area contributed by atoms with Gasteiger partial charge in [-0.15, -0.1) is 0 Å². The number of nitrogens with one attached hydrogen (secondary N) is 2. The molecule has 42 heavy (non-hydrogen) atoms. The first-order valence-corrected chi connectivity index (χ1v) is 15.2. The molecule has 2 heterocycles. The number of nitrogens with zero attached hydrogens (tertiary/aromatic N) is 1. The van der Waals surface area contributed by atoms with Crippen LogP contribution in [0.4, 0.5) is 16.2 Å². The van der Waals surface area contributed by atoms with Gasteiger partial charge in [-0.1, -0.05) is 111 Å². The molecule has 212 valence electrons. The number of likely N-dealkylation sites (tertiary alicyclic amines) is 1. The van der Waals surface area contributed by atoms with Crippen LogP contribution in [0.25, 0.3) is 0 Å². The van der Waals surface area contributed by atoms with Crippen LogP contribution in [0.5, 0.6) is 0 Å². The van der Waals surface area contributed by atoms with E-state index < -0.39 is 29.4 Å². The molecular weight excluding hydrogens is 590 g/mol. The van der Waals surface area contributed by atoms with Crippen LogP contribution in [0.2, 0.25) is 0 Å². The van der Waals surface area contributed by atoms with Crippen molar-refractivity contribution in [1.82, 2.24) is 4.90 Å². The summed E-state index contributed by atoms with van der Waals surface area (Å²) in [6.07, 6.45) is 2.37. The van der Waals surface area contributed by atoms with E-state index in [1.165, 1.54) is 0 Å². The van der Waals surface area contributed by atoms with Crippen molar-refractivity contribution in [2.75, 3.05) is 10.6 Å². The molecule has 4 atom stereocenters. The highest BCUT2D eigenvalue weighted by atomic mass is 79.9. The van der Waals surface area contributed by atoms with Gasteiger partial charge in [0.2, 0.25) is 0 Å². The number of amides is 3. The summed E-state index contributed by atoms with van der Waals surface area (Å²) in [7, 11) is 0. The maximum Gasteiger partial charge on any atom is 0.323 e. The van der Waals surface area contributed by atoms with Gasteiger partial charge >= 0.3 is 6.03 Å². The standard InChI is InChI=1S/C35H32BrN3O3/c1-2-3-22-29-30(23-14-6-4-7-15-23)31(32(40)24-16-8-5-9-17-24)35(25-18-10-12-20-27(25)37-33(35)41)39(29)34(42)38-28-21-13-11-19-26(28)36/h4-21,29-31H,2-3,22H2,1H3,(H,37,41)(H,38,42). The van der Waals surface area contributed by atoms with Crippen LogP contribution in [0.3, 0.4) is 0 Å². The molecular formula is C35H32BrN3O3. The number of fused-ring (bicyclic) bond motifs is 2. The predicted octanol–water partition coefficient (Wildman–Crippen LogP) is 7.99. The smallest absolute Gasteiger partial charge is 0.323 e. The van der Waals surface area contributed by atoms with E-state index in [-0.39, 0.29) is 11.7 Å². The number of urea groups is 1. The highest BCUT2D eigenvalue weighted by Crippen LogP contribution is 2.59. The number of carbonyl (C=O) groups excluding carboxylic acids is 3. The molecule has 4 aromatic carbocycles. The van der Waals surface area contributed by atoms with Gasteiger partial charge in [0.15, 0.2) is 11.3 Å².